The lowest BCUT2D eigenvalue weighted by Gasteiger charge is -2.38. The average Bonchev–Trinajstić information content (AvgIpc) is 2.89. The van der Waals surface area contributed by atoms with Gasteiger partial charge in [0.05, 0.1) is 13.0 Å². The molecule has 0 saturated carbocycles. The second-order valence-corrected chi connectivity index (χ2v) is 6.90. The molecule has 2 aliphatic rings. The van der Waals surface area contributed by atoms with Crippen LogP contribution in [-0.4, -0.2) is 43.1 Å². The van der Waals surface area contributed by atoms with Gasteiger partial charge in [-0.05, 0) is 37.0 Å². The first kappa shape index (κ1) is 18.2. The number of ether oxygens (including phenoxy) is 1. The number of anilines is 1. The van der Waals surface area contributed by atoms with E-state index < -0.39 is 11.6 Å². The molecule has 0 radical (unpaired) electrons. The summed E-state index contributed by atoms with van der Waals surface area (Å²) in [6.45, 7) is 3.86. The maximum Gasteiger partial charge on any atom is 0.322 e. The highest BCUT2D eigenvalue weighted by molar-refractivity contribution is 6.07. The van der Waals surface area contributed by atoms with E-state index in [4.69, 9.17) is 4.74 Å². The van der Waals surface area contributed by atoms with Crippen LogP contribution in [0.2, 0.25) is 0 Å². The van der Waals surface area contributed by atoms with Crippen LogP contribution in [0.3, 0.4) is 0 Å². The number of piperidine rings is 1. The van der Waals surface area contributed by atoms with Gasteiger partial charge in [-0.25, -0.2) is 4.79 Å². The summed E-state index contributed by atoms with van der Waals surface area (Å²) in [4.78, 5) is 37.5. The first-order valence-corrected chi connectivity index (χ1v) is 9.15. The Morgan fingerprint density at radius 2 is 2.04 bits per heavy atom. The van der Waals surface area contributed by atoms with Crippen LogP contribution in [0.4, 0.5) is 10.5 Å². The Hall–Kier alpha value is -2.57. The molecule has 1 aromatic rings. The van der Waals surface area contributed by atoms with Crippen LogP contribution in [-0.2, 0) is 20.7 Å². The fourth-order valence-electron chi connectivity index (χ4n) is 3.44. The molecule has 0 aliphatic carbocycles. The Morgan fingerprint density at radius 3 is 2.69 bits per heavy atom. The summed E-state index contributed by atoms with van der Waals surface area (Å²) in [6.07, 6.45) is 3.26. The smallest absolute Gasteiger partial charge is 0.322 e. The van der Waals surface area contributed by atoms with Crippen LogP contribution >= 0.6 is 0 Å². The highest BCUT2D eigenvalue weighted by Crippen LogP contribution is 2.29. The molecule has 140 valence electrons. The number of urea groups is 1. The summed E-state index contributed by atoms with van der Waals surface area (Å²) in [5.41, 5.74) is 1.16. The normalized spacial score (nSPS) is 18.6. The number of nitrogens with zero attached hydrogens (tertiary/aromatic N) is 1. The molecule has 26 heavy (non-hydrogen) atoms. The molecule has 3 rings (SSSR count). The second-order valence-electron chi connectivity index (χ2n) is 6.90. The van der Waals surface area contributed by atoms with Crippen molar-refractivity contribution >= 4 is 23.6 Å². The number of imide groups is 1. The Bertz CT molecular complexity index is 696. The zero-order valence-electron chi connectivity index (χ0n) is 15.0. The Morgan fingerprint density at radius 1 is 1.27 bits per heavy atom. The van der Waals surface area contributed by atoms with Crippen molar-refractivity contribution in [3.8, 4) is 0 Å². The number of hydrogen-bond donors (Lipinski definition) is 2. The lowest BCUT2D eigenvalue weighted by molar-refractivity contribution is -0.142. The molecule has 2 aliphatic heterocycles. The number of carbonyl (C=O) groups is 3. The molecular formula is C19H25N3O4. The van der Waals surface area contributed by atoms with Crippen molar-refractivity contribution in [3.63, 3.8) is 0 Å². The summed E-state index contributed by atoms with van der Waals surface area (Å²) < 4.78 is 5.22. The molecule has 0 atom stereocenters. The van der Waals surface area contributed by atoms with Crippen LogP contribution in [0.5, 0.6) is 0 Å². The fourth-order valence-corrected chi connectivity index (χ4v) is 3.44. The summed E-state index contributed by atoms with van der Waals surface area (Å²) in [6, 6.07) is 7.43. The predicted octanol–water partition coefficient (Wildman–Crippen LogP) is 1.75. The minimum Gasteiger partial charge on any atom is -0.465 e. The first-order chi connectivity index (χ1) is 12.5. The Labute approximate surface area is 153 Å². The molecule has 3 amide bonds. The number of benzene rings is 1. The molecular weight excluding hydrogens is 334 g/mol. The van der Waals surface area contributed by atoms with Gasteiger partial charge in [0.15, 0.2) is 0 Å². The third kappa shape index (κ3) is 3.98. The molecule has 1 spiro atoms. The SMILES string of the molecule is CCCCOC(=O)Cc1cccc(N2CCC3(CC2)NC(=O)NC3=O)c1. The third-order valence-electron chi connectivity index (χ3n) is 5.02. The number of hydrogen-bond acceptors (Lipinski definition) is 5. The summed E-state index contributed by atoms with van der Waals surface area (Å²) in [5.74, 6) is -0.440. The molecule has 7 nitrogen and oxygen atoms in total. The monoisotopic (exact) mass is 359 g/mol. The van der Waals surface area contributed by atoms with Gasteiger partial charge in [0.2, 0.25) is 0 Å². The van der Waals surface area contributed by atoms with Gasteiger partial charge in [0, 0.05) is 18.8 Å². The van der Waals surface area contributed by atoms with E-state index in [2.05, 4.69) is 22.5 Å². The van der Waals surface area contributed by atoms with E-state index in [1.165, 1.54) is 0 Å². The molecule has 0 bridgehead atoms. The summed E-state index contributed by atoms with van der Waals surface area (Å²) in [5, 5.41) is 5.09. The molecule has 1 aromatic carbocycles. The van der Waals surface area contributed by atoms with Crippen molar-refractivity contribution in [1.82, 2.24) is 10.6 Å². The maximum absolute atomic E-state index is 12.0. The zero-order chi connectivity index (χ0) is 18.6. The lowest BCUT2D eigenvalue weighted by atomic mass is 9.87. The molecule has 2 fully saturated rings. The lowest BCUT2D eigenvalue weighted by Crippen LogP contribution is -2.54. The number of esters is 1. The number of nitrogens with one attached hydrogen (secondary N) is 2. The highest BCUT2D eigenvalue weighted by Gasteiger charge is 2.47. The topological polar surface area (TPSA) is 87.7 Å². The van der Waals surface area contributed by atoms with Crippen LogP contribution in [0.25, 0.3) is 0 Å². The van der Waals surface area contributed by atoms with Crippen molar-refractivity contribution in [2.75, 3.05) is 24.6 Å². The van der Waals surface area contributed by atoms with Crippen LogP contribution in [0, 0.1) is 0 Å². The average molecular weight is 359 g/mol. The molecule has 2 heterocycles. The van der Waals surface area contributed by atoms with Gasteiger partial charge in [-0.3, -0.25) is 14.9 Å². The van der Waals surface area contributed by atoms with Crippen molar-refractivity contribution in [1.29, 1.82) is 0 Å². The molecule has 0 unspecified atom stereocenters. The third-order valence-corrected chi connectivity index (χ3v) is 5.02. The van der Waals surface area contributed by atoms with E-state index in [0.717, 1.165) is 24.1 Å². The van der Waals surface area contributed by atoms with Gasteiger partial charge in [-0.15, -0.1) is 0 Å². The number of rotatable bonds is 6. The number of carbonyl (C=O) groups excluding carboxylic acids is 3. The van der Waals surface area contributed by atoms with Crippen LogP contribution < -0.4 is 15.5 Å². The summed E-state index contributed by atoms with van der Waals surface area (Å²) in [7, 11) is 0. The molecule has 2 saturated heterocycles. The van der Waals surface area contributed by atoms with Crippen LogP contribution in [0.15, 0.2) is 24.3 Å². The molecule has 7 heteroatoms. The van der Waals surface area contributed by atoms with E-state index in [1.807, 2.05) is 24.3 Å². The summed E-state index contributed by atoms with van der Waals surface area (Å²) >= 11 is 0. The minimum absolute atomic E-state index is 0.210. The van der Waals surface area contributed by atoms with E-state index in [0.29, 0.717) is 32.5 Å². The largest absolute Gasteiger partial charge is 0.465 e. The zero-order valence-corrected chi connectivity index (χ0v) is 15.0. The van der Waals surface area contributed by atoms with E-state index in [1.54, 1.807) is 0 Å². The maximum atomic E-state index is 12.0. The predicted molar refractivity (Wildman–Crippen MR) is 96.9 cm³/mol. The van der Waals surface area contributed by atoms with Crippen molar-refractivity contribution in [3.05, 3.63) is 29.8 Å². The first-order valence-electron chi connectivity index (χ1n) is 9.15. The molecule has 0 aromatic heterocycles. The van der Waals surface area contributed by atoms with Crippen LogP contribution in [0.1, 0.15) is 38.2 Å². The second kappa shape index (κ2) is 7.76. The van der Waals surface area contributed by atoms with Gasteiger partial charge in [-0.2, -0.15) is 0 Å². The van der Waals surface area contributed by atoms with Gasteiger partial charge in [0.25, 0.3) is 5.91 Å². The molecule has 2 N–H and O–H groups in total. The van der Waals surface area contributed by atoms with Gasteiger partial charge >= 0.3 is 12.0 Å². The van der Waals surface area contributed by atoms with E-state index >= 15 is 0 Å². The quantitative estimate of drug-likeness (QED) is 0.459. The Balaban J connectivity index is 1.58. The standard InChI is InChI=1S/C19H25N3O4/c1-2-3-11-26-16(23)13-14-5-4-6-15(12-14)22-9-7-19(8-10-22)17(24)20-18(25)21-19/h4-6,12H,2-3,7-11,13H2,1H3,(H2,20,21,24,25). The van der Waals surface area contributed by atoms with E-state index in [9.17, 15) is 14.4 Å². The van der Waals surface area contributed by atoms with Gasteiger partial charge < -0.3 is 15.0 Å². The van der Waals surface area contributed by atoms with Crippen molar-refractivity contribution in [2.24, 2.45) is 0 Å². The number of amides is 3. The Kier molecular flexibility index (Phi) is 5.44. The van der Waals surface area contributed by atoms with Crippen molar-refractivity contribution in [2.45, 2.75) is 44.6 Å². The number of unbranched alkanes of at least 4 members (excludes halogenated alkanes) is 1. The highest BCUT2D eigenvalue weighted by atomic mass is 16.5. The van der Waals surface area contributed by atoms with Gasteiger partial charge in [0.1, 0.15) is 5.54 Å². The van der Waals surface area contributed by atoms with Crippen molar-refractivity contribution < 1.29 is 19.1 Å². The van der Waals surface area contributed by atoms with E-state index in [-0.39, 0.29) is 18.3 Å². The fraction of sp³-hybridized carbons (Fsp3) is 0.526. The van der Waals surface area contributed by atoms with Gasteiger partial charge in [-0.1, -0.05) is 25.5 Å². The minimum atomic E-state index is -0.770.